The molecule has 0 unspecified atom stereocenters. The summed E-state index contributed by atoms with van der Waals surface area (Å²) < 4.78 is 2.00. The molecule has 0 spiro atoms. The lowest BCUT2D eigenvalue weighted by molar-refractivity contribution is 0.102. The number of amides is 1. The van der Waals surface area contributed by atoms with Crippen LogP contribution >= 0.6 is 0 Å². The fourth-order valence-electron chi connectivity index (χ4n) is 4.53. The smallest absolute Gasteiger partial charge is 0.255 e. The van der Waals surface area contributed by atoms with Crippen molar-refractivity contribution in [3.63, 3.8) is 0 Å². The highest BCUT2D eigenvalue weighted by Crippen LogP contribution is 2.31. The molecule has 0 aliphatic rings. The average molecular weight is 504 g/mol. The third kappa shape index (κ3) is 5.02. The van der Waals surface area contributed by atoms with E-state index in [9.17, 15) is 4.79 Å². The van der Waals surface area contributed by atoms with Crippen molar-refractivity contribution in [1.82, 2.24) is 14.4 Å². The van der Waals surface area contributed by atoms with Crippen molar-refractivity contribution < 1.29 is 4.79 Å². The average Bonchev–Trinajstić information content (AvgIpc) is 3.39. The van der Waals surface area contributed by atoms with E-state index in [0.29, 0.717) is 5.56 Å². The Labute approximate surface area is 224 Å². The Morgan fingerprint density at radius 1 is 1.00 bits per heavy atom. The van der Waals surface area contributed by atoms with Gasteiger partial charge in [-0.05, 0) is 60.7 Å². The van der Waals surface area contributed by atoms with E-state index in [-0.39, 0.29) is 11.3 Å². The number of imidazole rings is 1. The first-order valence-electron chi connectivity index (χ1n) is 12.9. The van der Waals surface area contributed by atoms with Crippen molar-refractivity contribution >= 4 is 28.7 Å². The fraction of sp³-hybridized carbons (Fsp3) is 0.219. The number of benzene rings is 3. The summed E-state index contributed by atoms with van der Waals surface area (Å²) in [5, 5.41) is 3.11. The van der Waals surface area contributed by atoms with Crippen LogP contribution in [0.4, 0.5) is 17.2 Å². The van der Waals surface area contributed by atoms with Gasteiger partial charge in [0.1, 0.15) is 0 Å². The predicted octanol–water partition coefficient (Wildman–Crippen LogP) is 7.41. The van der Waals surface area contributed by atoms with Crippen LogP contribution in [0, 0.1) is 6.92 Å². The molecule has 1 N–H and O–H groups in total. The van der Waals surface area contributed by atoms with Crippen molar-refractivity contribution in [2.24, 2.45) is 0 Å². The van der Waals surface area contributed by atoms with Gasteiger partial charge in [0.2, 0.25) is 0 Å². The first-order chi connectivity index (χ1) is 18.2. The second-order valence-electron chi connectivity index (χ2n) is 10.5. The summed E-state index contributed by atoms with van der Waals surface area (Å²) in [6.45, 7) is 11.3. The molecule has 5 aromatic rings. The molecule has 2 aromatic heterocycles. The molecule has 192 valence electrons. The summed E-state index contributed by atoms with van der Waals surface area (Å²) in [5.41, 5.74) is 7.16. The second-order valence-corrected chi connectivity index (χ2v) is 10.5. The van der Waals surface area contributed by atoms with Crippen LogP contribution in [-0.2, 0) is 5.41 Å². The number of carbonyl (C=O) groups excluding carboxylic acids is 1. The summed E-state index contributed by atoms with van der Waals surface area (Å²) in [6.07, 6.45) is 5.70. The minimum Gasteiger partial charge on any atom is -0.324 e. The lowest BCUT2D eigenvalue weighted by atomic mass is 9.86. The largest absolute Gasteiger partial charge is 0.324 e. The molecule has 38 heavy (non-hydrogen) atoms. The minimum absolute atomic E-state index is 0.0377. The van der Waals surface area contributed by atoms with Gasteiger partial charge in [-0.25, -0.2) is 9.97 Å². The predicted molar refractivity (Wildman–Crippen MR) is 155 cm³/mol. The molecule has 1 amide bonds. The third-order valence-corrected chi connectivity index (χ3v) is 6.79. The van der Waals surface area contributed by atoms with Crippen molar-refractivity contribution in [2.45, 2.75) is 40.0 Å². The SMILES string of the molecule is CCN(c1ccccc1)c1nc(-c2ccc(C)c(NC(=O)c3ccc(C(C)(C)C)cc3)c2)cn2ccnc12. The lowest BCUT2D eigenvalue weighted by Crippen LogP contribution is -2.19. The monoisotopic (exact) mass is 503 g/mol. The quantitative estimate of drug-likeness (QED) is 0.262. The summed E-state index contributed by atoms with van der Waals surface area (Å²) >= 11 is 0. The van der Waals surface area contributed by atoms with Gasteiger partial charge in [-0.3, -0.25) is 4.79 Å². The molecular weight excluding hydrogens is 470 g/mol. The van der Waals surface area contributed by atoms with Gasteiger partial charge in [0.15, 0.2) is 11.5 Å². The molecule has 0 radical (unpaired) electrons. The molecule has 2 heterocycles. The number of anilines is 3. The van der Waals surface area contributed by atoms with E-state index in [2.05, 4.69) is 55.0 Å². The number of fused-ring (bicyclic) bond motifs is 1. The van der Waals surface area contributed by atoms with Crippen LogP contribution in [0.15, 0.2) is 91.4 Å². The van der Waals surface area contributed by atoms with Crippen molar-refractivity contribution in [1.29, 1.82) is 0 Å². The van der Waals surface area contributed by atoms with Crippen LogP contribution in [0.25, 0.3) is 16.9 Å². The highest BCUT2D eigenvalue weighted by molar-refractivity contribution is 6.05. The number of hydrogen-bond donors (Lipinski definition) is 1. The van der Waals surface area contributed by atoms with Crippen molar-refractivity contribution in [2.75, 3.05) is 16.8 Å². The number of carbonyl (C=O) groups is 1. The zero-order chi connectivity index (χ0) is 26.9. The molecule has 0 aliphatic carbocycles. The number of aryl methyl sites for hydroxylation is 1. The molecule has 0 fully saturated rings. The highest BCUT2D eigenvalue weighted by atomic mass is 16.1. The maximum atomic E-state index is 13.1. The molecule has 0 aliphatic heterocycles. The Morgan fingerprint density at radius 3 is 2.42 bits per heavy atom. The molecule has 0 saturated heterocycles. The normalized spacial score (nSPS) is 11.5. The molecular formula is C32H33N5O. The highest BCUT2D eigenvalue weighted by Gasteiger charge is 2.18. The number of nitrogens with one attached hydrogen (secondary N) is 1. The molecule has 5 rings (SSSR count). The van der Waals surface area contributed by atoms with Gasteiger partial charge >= 0.3 is 0 Å². The number of aromatic nitrogens is 3. The fourth-order valence-corrected chi connectivity index (χ4v) is 4.53. The Kier molecular flexibility index (Phi) is 6.72. The Bertz CT molecular complexity index is 1580. The summed E-state index contributed by atoms with van der Waals surface area (Å²) in [4.78, 5) is 24.9. The number of nitrogens with zero attached hydrogens (tertiary/aromatic N) is 4. The van der Waals surface area contributed by atoms with Crippen LogP contribution in [0.2, 0.25) is 0 Å². The third-order valence-electron chi connectivity index (χ3n) is 6.79. The maximum absolute atomic E-state index is 13.1. The zero-order valence-corrected chi connectivity index (χ0v) is 22.6. The number of rotatable bonds is 6. The van der Waals surface area contributed by atoms with Crippen LogP contribution in [0.1, 0.15) is 49.2 Å². The molecule has 0 atom stereocenters. The molecule has 6 heteroatoms. The van der Waals surface area contributed by atoms with Gasteiger partial charge in [0.25, 0.3) is 5.91 Å². The van der Waals surface area contributed by atoms with E-state index in [0.717, 1.165) is 46.2 Å². The Morgan fingerprint density at radius 2 is 1.74 bits per heavy atom. The molecule has 3 aromatic carbocycles. The van der Waals surface area contributed by atoms with Crippen LogP contribution < -0.4 is 10.2 Å². The van der Waals surface area contributed by atoms with Crippen LogP contribution in [-0.4, -0.2) is 26.8 Å². The first-order valence-corrected chi connectivity index (χ1v) is 12.9. The van der Waals surface area contributed by atoms with Gasteiger partial charge in [-0.2, -0.15) is 0 Å². The van der Waals surface area contributed by atoms with E-state index in [4.69, 9.17) is 4.98 Å². The van der Waals surface area contributed by atoms with Gasteiger partial charge in [-0.15, -0.1) is 0 Å². The van der Waals surface area contributed by atoms with Crippen molar-refractivity contribution in [3.05, 3.63) is 108 Å². The van der Waals surface area contributed by atoms with Gasteiger partial charge in [0, 0.05) is 47.6 Å². The number of hydrogen-bond acceptors (Lipinski definition) is 4. The number of para-hydroxylation sites is 1. The standard InChI is InChI=1S/C32H33N5O/c1-6-37(26-10-8-7-9-11-26)30-29-33-18-19-36(29)21-28(34-30)24-13-12-22(2)27(20-24)35-31(38)23-14-16-25(17-15-23)32(3,4)5/h7-21H,6H2,1-5H3,(H,35,38). The van der Waals surface area contributed by atoms with E-state index < -0.39 is 0 Å². The minimum atomic E-state index is -0.134. The Hall–Kier alpha value is -4.45. The van der Waals surface area contributed by atoms with Gasteiger partial charge in [0.05, 0.1) is 5.69 Å². The lowest BCUT2D eigenvalue weighted by Gasteiger charge is -2.23. The van der Waals surface area contributed by atoms with Gasteiger partial charge in [-0.1, -0.05) is 63.2 Å². The van der Waals surface area contributed by atoms with Crippen LogP contribution in [0.5, 0.6) is 0 Å². The summed E-state index contributed by atoms with van der Waals surface area (Å²) in [7, 11) is 0. The van der Waals surface area contributed by atoms with Gasteiger partial charge < -0.3 is 14.6 Å². The molecule has 0 saturated carbocycles. The zero-order valence-electron chi connectivity index (χ0n) is 22.6. The summed E-state index contributed by atoms with van der Waals surface area (Å²) in [5.74, 6) is 0.650. The summed E-state index contributed by atoms with van der Waals surface area (Å²) in [6, 6.07) is 24.1. The van der Waals surface area contributed by atoms with E-state index in [1.807, 2.05) is 84.4 Å². The van der Waals surface area contributed by atoms with Crippen LogP contribution in [0.3, 0.4) is 0 Å². The molecule has 0 bridgehead atoms. The van der Waals surface area contributed by atoms with E-state index >= 15 is 0 Å². The second kappa shape index (κ2) is 10.1. The Balaban J connectivity index is 1.49. The maximum Gasteiger partial charge on any atom is 0.255 e. The van der Waals surface area contributed by atoms with Crippen molar-refractivity contribution in [3.8, 4) is 11.3 Å². The first kappa shape index (κ1) is 25.2. The van der Waals surface area contributed by atoms with E-state index in [1.165, 1.54) is 5.56 Å². The van der Waals surface area contributed by atoms with E-state index in [1.54, 1.807) is 6.20 Å². The topological polar surface area (TPSA) is 62.5 Å². The molecule has 6 nitrogen and oxygen atoms in total.